The summed E-state index contributed by atoms with van der Waals surface area (Å²) in [6, 6.07) is 0. The Kier molecular flexibility index (Phi) is 5.74. The van der Waals surface area contributed by atoms with Crippen LogP contribution in [-0.4, -0.2) is 27.4 Å². The summed E-state index contributed by atoms with van der Waals surface area (Å²) in [6.07, 6.45) is -8.68. The Hall–Kier alpha value is 0.1000. The summed E-state index contributed by atoms with van der Waals surface area (Å²) in [5.41, 5.74) is 0. The van der Waals surface area contributed by atoms with Gasteiger partial charge in [0.1, 0.15) is 0 Å². The fraction of sp³-hybridized carbons (Fsp3) is 1.00. The van der Waals surface area contributed by atoms with Gasteiger partial charge in [0.25, 0.3) is 0 Å². The minimum absolute atomic E-state index is 0.0761. The monoisotopic (exact) mass is 430 g/mol. The van der Waals surface area contributed by atoms with E-state index < -0.39 is 33.8 Å². The van der Waals surface area contributed by atoms with E-state index in [1.54, 1.807) is 0 Å². The average Bonchev–Trinajstić information content (AvgIpc) is 2.26. The molecular weight excluding hydrogens is 418 g/mol. The highest BCUT2D eigenvalue weighted by molar-refractivity contribution is 14.1. The molecule has 0 nitrogen and oxygen atoms in total. The molecule has 122 valence electrons. The molecule has 0 aromatic heterocycles. The van der Waals surface area contributed by atoms with Crippen LogP contribution in [0.3, 0.4) is 0 Å². The van der Waals surface area contributed by atoms with Gasteiger partial charge in [-0.3, -0.25) is 0 Å². The quantitative estimate of drug-likeness (QED) is 0.282. The molecule has 0 aromatic rings. The molecule has 0 saturated heterocycles. The third-order valence-corrected chi connectivity index (χ3v) is 4.92. The van der Waals surface area contributed by atoms with Crippen LogP contribution in [0.5, 0.6) is 0 Å². The molecule has 0 fully saturated rings. The van der Waals surface area contributed by atoms with E-state index in [9.17, 15) is 39.5 Å². The van der Waals surface area contributed by atoms with Crippen LogP contribution in [-0.2, 0) is 0 Å². The molecule has 0 aliphatic carbocycles. The van der Waals surface area contributed by atoms with E-state index in [4.69, 9.17) is 0 Å². The van der Waals surface area contributed by atoms with E-state index >= 15 is 0 Å². The molecule has 0 rings (SSSR count). The lowest BCUT2D eigenvalue weighted by molar-refractivity contribution is -0.397. The highest BCUT2D eigenvalue weighted by Crippen LogP contribution is 2.56. The van der Waals surface area contributed by atoms with Crippen molar-refractivity contribution < 1.29 is 39.5 Å². The molecule has 0 aliphatic heterocycles. The van der Waals surface area contributed by atoms with Crippen LogP contribution >= 0.6 is 22.6 Å². The third-order valence-electron chi connectivity index (χ3n) is 3.02. The van der Waals surface area contributed by atoms with Crippen molar-refractivity contribution in [3.05, 3.63) is 0 Å². The minimum atomic E-state index is -6.80. The van der Waals surface area contributed by atoms with Crippen molar-refractivity contribution in [2.45, 2.75) is 60.5 Å². The lowest BCUT2D eigenvalue weighted by atomic mass is 9.90. The van der Waals surface area contributed by atoms with Crippen LogP contribution in [0.2, 0.25) is 0 Å². The van der Waals surface area contributed by atoms with Gasteiger partial charge in [-0.25, -0.2) is 0 Å². The van der Waals surface area contributed by atoms with Crippen molar-refractivity contribution in [3.8, 4) is 0 Å². The minimum Gasteiger partial charge on any atom is -0.200 e. The van der Waals surface area contributed by atoms with Gasteiger partial charge in [-0.1, -0.05) is 36.4 Å². The molecule has 0 bridgehead atoms. The summed E-state index contributed by atoms with van der Waals surface area (Å²) in [5, 5.41) is 0. The highest BCUT2D eigenvalue weighted by atomic mass is 127. The number of hydrogen-bond acceptors (Lipinski definition) is 0. The first kappa shape index (κ1) is 20.1. The molecule has 0 radical (unpaired) electrons. The van der Waals surface area contributed by atoms with Crippen LogP contribution in [0, 0.1) is 0 Å². The van der Waals surface area contributed by atoms with Gasteiger partial charge in [-0.15, -0.1) is 0 Å². The van der Waals surface area contributed by atoms with E-state index in [1.165, 1.54) is 36.4 Å². The molecular formula is C10H12F9I. The van der Waals surface area contributed by atoms with Gasteiger partial charge in [0.2, 0.25) is 0 Å². The van der Waals surface area contributed by atoms with E-state index in [0.29, 0.717) is 0 Å². The number of halogens is 10. The maximum absolute atomic E-state index is 13.4. The first-order valence-corrected chi connectivity index (χ1v) is 6.55. The zero-order valence-electron chi connectivity index (χ0n) is 10.4. The van der Waals surface area contributed by atoms with Crippen molar-refractivity contribution >= 4 is 22.6 Å². The van der Waals surface area contributed by atoms with Gasteiger partial charge in [0.05, 0.1) is 0 Å². The Bertz CT molecular complexity index is 330. The average molecular weight is 430 g/mol. The Morgan fingerprint density at radius 1 is 0.700 bits per heavy atom. The summed E-state index contributed by atoms with van der Waals surface area (Å²) < 4.78 is 112. The van der Waals surface area contributed by atoms with Gasteiger partial charge >= 0.3 is 23.9 Å². The fourth-order valence-corrected chi connectivity index (χ4v) is 1.90. The molecule has 0 aromatic carbocycles. The molecule has 0 N–H and O–H groups in total. The number of hydrogen-bond donors (Lipinski definition) is 0. The maximum atomic E-state index is 13.4. The van der Waals surface area contributed by atoms with Crippen molar-refractivity contribution in [1.82, 2.24) is 0 Å². The zero-order chi connectivity index (χ0) is 16.6. The van der Waals surface area contributed by atoms with Crippen molar-refractivity contribution in [2.24, 2.45) is 0 Å². The molecule has 20 heavy (non-hydrogen) atoms. The smallest absolute Gasteiger partial charge is 0.200 e. The summed E-state index contributed by atoms with van der Waals surface area (Å²) in [4.78, 5) is 0. The Balaban J connectivity index is 5.58. The van der Waals surface area contributed by atoms with Crippen LogP contribution in [0.1, 0.15) is 33.1 Å². The predicted octanol–water partition coefficient (Wildman–Crippen LogP) is 5.84. The van der Waals surface area contributed by atoms with E-state index in [-0.39, 0.29) is 12.8 Å². The van der Waals surface area contributed by atoms with E-state index in [2.05, 4.69) is 0 Å². The van der Waals surface area contributed by atoms with E-state index in [0.717, 1.165) is 0 Å². The van der Waals surface area contributed by atoms with Gasteiger partial charge in [-0.05, 0) is 12.8 Å². The van der Waals surface area contributed by atoms with Crippen LogP contribution in [0.4, 0.5) is 39.5 Å². The summed E-state index contributed by atoms with van der Waals surface area (Å²) in [5.74, 6) is -18.8. The van der Waals surface area contributed by atoms with Crippen molar-refractivity contribution in [1.29, 1.82) is 0 Å². The number of rotatable bonds is 6. The normalized spacial score (nSPS) is 15.6. The Labute approximate surface area is 123 Å². The van der Waals surface area contributed by atoms with Gasteiger partial charge in [-0.2, -0.15) is 39.5 Å². The van der Waals surface area contributed by atoms with E-state index in [1.807, 2.05) is 0 Å². The molecule has 0 amide bonds. The second-order valence-corrected chi connectivity index (χ2v) is 6.67. The first-order chi connectivity index (χ1) is 8.58. The van der Waals surface area contributed by atoms with Gasteiger partial charge < -0.3 is 0 Å². The maximum Gasteiger partial charge on any atom is 0.460 e. The van der Waals surface area contributed by atoms with Crippen LogP contribution in [0.25, 0.3) is 0 Å². The van der Waals surface area contributed by atoms with Crippen LogP contribution < -0.4 is 0 Å². The molecule has 0 atom stereocenters. The third kappa shape index (κ3) is 3.46. The molecule has 0 spiro atoms. The Morgan fingerprint density at radius 2 is 1.05 bits per heavy atom. The fourth-order valence-electron chi connectivity index (χ4n) is 1.42. The predicted molar refractivity (Wildman–Crippen MR) is 62.8 cm³/mol. The van der Waals surface area contributed by atoms with Crippen LogP contribution in [0.15, 0.2) is 0 Å². The second kappa shape index (κ2) is 5.71. The standard InChI is InChI=1S/C10H12F9I/c1-3-6(20,4-2)5-7(11,12)8(13,14)9(15,16)10(17,18)19/h3-5H2,1-2H3. The molecule has 0 unspecified atom stereocenters. The highest BCUT2D eigenvalue weighted by Gasteiger charge is 2.81. The summed E-state index contributed by atoms with van der Waals surface area (Å²) >= 11 is 1.38. The van der Waals surface area contributed by atoms with Crippen molar-refractivity contribution in [3.63, 3.8) is 0 Å². The molecule has 10 heteroatoms. The van der Waals surface area contributed by atoms with Gasteiger partial charge in [0.15, 0.2) is 0 Å². The van der Waals surface area contributed by atoms with Crippen molar-refractivity contribution in [2.75, 3.05) is 0 Å². The second-order valence-electron chi connectivity index (χ2n) is 4.39. The van der Waals surface area contributed by atoms with Gasteiger partial charge in [0, 0.05) is 9.84 Å². The zero-order valence-corrected chi connectivity index (χ0v) is 12.6. The summed E-state index contributed by atoms with van der Waals surface area (Å²) in [6.45, 7) is 2.71. The largest absolute Gasteiger partial charge is 0.460 e. The topological polar surface area (TPSA) is 0 Å². The first-order valence-electron chi connectivity index (χ1n) is 5.47. The lowest BCUT2D eigenvalue weighted by Gasteiger charge is -2.37. The molecule has 0 aliphatic rings. The Morgan fingerprint density at radius 3 is 1.30 bits per heavy atom. The lowest BCUT2D eigenvalue weighted by Crippen LogP contribution is -2.61. The molecule has 0 saturated carbocycles. The SMILES string of the molecule is CCC(I)(CC)CC(F)(F)C(F)(F)C(F)(F)C(F)(F)F. The molecule has 0 heterocycles. The number of alkyl halides is 10. The summed E-state index contributed by atoms with van der Waals surface area (Å²) in [7, 11) is 0.